The van der Waals surface area contributed by atoms with E-state index in [1.165, 1.54) is 5.56 Å². The van der Waals surface area contributed by atoms with E-state index in [-0.39, 0.29) is 17.6 Å². The van der Waals surface area contributed by atoms with Crippen molar-refractivity contribution in [3.05, 3.63) is 46.3 Å². The lowest BCUT2D eigenvalue weighted by Crippen LogP contribution is -2.41. The van der Waals surface area contributed by atoms with E-state index in [0.717, 1.165) is 41.8 Å². The van der Waals surface area contributed by atoms with Crippen LogP contribution in [0.2, 0.25) is 0 Å². The first-order valence-electron chi connectivity index (χ1n) is 10.2. The predicted molar refractivity (Wildman–Crippen MR) is 112 cm³/mol. The smallest absolute Gasteiger partial charge is 0.274 e. The number of fused-ring (bicyclic) bond motifs is 1. The van der Waals surface area contributed by atoms with Gasteiger partial charge < -0.3 is 4.90 Å². The number of benzene rings is 1. The molecule has 0 unspecified atom stereocenters. The van der Waals surface area contributed by atoms with Crippen LogP contribution in [0.4, 0.5) is 0 Å². The molecule has 2 aromatic rings. The number of amides is 1. The molecule has 2 N–H and O–H groups in total. The van der Waals surface area contributed by atoms with Crippen LogP contribution < -0.4 is 5.14 Å². The Morgan fingerprint density at radius 1 is 1.21 bits per heavy atom. The Kier molecular flexibility index (Phi) is 5.25. The zero-order valence-corrected chi connectivity index (χ0v) is 17.8. The van der Waals surface area contributed by atoms with E-state index in [1.807, 2.05) is 9.58 Å². The molecule has 0 saturated carbocycles. The fraction of sp³-hybridized carbons (Fsp3) is 0.524. The molecule has 1 aliphatic heterocycles. The topological polar surface area (TPSA) is 98.3 Å². The van der Waals surface area contributed by atoms with E-state index in [2.05, 4.69) is 32.0 Å². The van der Waals surface area contributed by atoms with Crippen molar-refractivity contribution in [2.75, 3.05) is 18.8 Å². The Labute approximate surface area is 171 Å². The minimum Gasteiger partial charge on any atom is -0.337 e. The van der Waals surface area contributed by atoms with Crippen molar-refractivity contribution in [2.24, 2.45) is 11.1 Å². The second-order valence-corrected chi connectivity index (χ2v) is 10.1. The SMILES string of the molecule is Cc1ccc(-n2nc(C(=O)N3CCC(CS(N)(=O)=O)CC3)c3c2CCC3)c(C)c1. The summed E-state index contributed by atoms with van der Waals surface area (Å²) < 4.78 is 24.6. The highest BCUT2D eigenvalue weighted by atomic mass is 32.2. The third-order valence-corrected chi connectivity index (χ3v) is 7.02. The lowest BCUT2D eigenvalue weighted by atomic mass is 9.98. The molecule has 29 heavy (non-hydrogen) atoms. The first-order chi connectivity index (χ1) is 13.7. The standard InChI is InChI=1S/C21H28N4O3S/c1-14-6-7-18(15(2)12-14)25-19-5-3-4-17(19)20(23-25)21(26)24-10-8-16(9-11-24)13-29(22,27)28/h6-7,12,16H,3-5,8-11,13H2,1-2H3,(H2,22,27,28). The van der Waals surface area contributed by atoms with Crippen molar-refractivity contribution < 1.29 is 13.2 Å². The molecule has 1 saturated heterocycles. The minimum absolute atomic E-state index is 0.00818. The maximum Gasteiger partial charge on any atom is 0.274 e. The summed E-state index contributed by atoms with van der Waals surface area (Å²) in [6.45, 7) is 5.23. The van der Waals surface area contributed by atoms with Gasteiger partial charge in [-0.3, -0.25) is 4.79 Å². The van der Waals surface area contributed by atoms with Gasteiger partial charge in [-0.05, 0) is 63.5 Å². The zero-order valence-electron chi connectivity index (χ0n) is 17.0. The Morgan fingerprint density at radius 2 is 1.93 bits per heavy atom. The number of hydrogen-bond acceptors (Lipinski definition) is 4. The van der Waals surface area contributed by atoms with Crippen molar-refractivity contribution in [3.8, 4) is 5.69 Å². The number of aryl methyl sites for hydroxylation is 2. The van der Waals surface area contributed by atoms with Crippen LogP contribution in [0.3, 0.4) is 0 Å². The van der Waals surface area contributed by atoms with E-state index in [9.17, 15) is 13.2 Å². The molecular formula is C21H28N4O3S. The van der Waals surface area contributed by atoms with Gasteiger partial charge in [-0.15, -0.1) is 0 Å². The van der Waals surface area contributed by atoms with Gasteiger partial charge >= 0.3 is 0 Å². The number of nitrogens with zero attached hydrogens (tertiary/aromatic N) is 3. The van der Waals surface area contributed by atoms with Crippen molar-refractivity contribution in [1.29, 1.82) is 0 Å². The zero-order chi connectivity index (χ0) is 20.8. The van der Waals surface area contributed by atoms with Gasteiger partial charge in [0.05, 0.1) is 11.4 Å². The van der Waals surface area contributed by atoms with E-state index in [4.69, 9.17) is 10.2 Å². The van der Waals surface area contributed by atoms with Gasteiger partial charge in [0.2, 0.25) is 10.0 Å². The molecule has 1 aromatic heterocycles. The molecule has 0 atom stereocenters. The molecule has 7 nitrogen and oxygen atoms in total. The molecule has 1 aliphatic carbocycles. The molecule has 4 rings (SSSR count). The highest BCUT2D eigenvalue weighted by Crippen LogP contribution is 2.30. The fourth-order valence-corrected chi connectivity index (χ4v) is 5.62. The van der Waals surface area contributed by atoms with Crippen LogP contribution in [-0.2, 0) is 22.9 Å². The predicted octanol–water partition coefficient (Wildman–Crippen LogP) is 2.12. The number of hydrogen-bond donors (Lipinski definition) is 1. The van der Waals surface area contributed by atoms with Crippen LogP contribution in [0.15, 0.2) is 18.2 Å². The molecule has 2 aliphatic rings. The van der Waals surface area contributed by atoms with Crippen LogP contribution in [0.5, 0.6) is 0 Å². The van der Waals surface area contributed by atoms with Crippen molar-refractivity contribution in [3.63, 3.8) is 0 Å². The van der Waals surface area contributed by atoms with E-state index in [1.54, 1.807) is 0 Å². The number of nitrogens with two attached hydrogens (primary N) is 1. The third-order valence-electron chi connectivity index (χ3n) is 6.08. The van der Waals surface area contributed by atoms with Crippen LogP contribution in [0, 0.1) is 19.8 Å². The van der Waals surface area contributed by atoms with Crippen LogP contribution >= 0.6 is 0 Å². The summed E-state index contributed by atoms with van der Waals surface area (Å²) in [6.07, 6.45) is 4.15. The van der Waals surface area contributed by atoms with Crippen LogP contribution in [-0.4, -0.2) is 47.8 Å². The van der Waals surface area contributed by atoms with Crippen molar-refractivity contribution >= 4 is 15.9 Å². The highest BCUT2D eigenvalue weighted by molar-refractivity contribution is 7.89. The first-order valence-corrected chi connectivity index (χ1v) is 11.9. The monoisotopic (exact) mass is 416 g/mol. The molecule has 1 amide bonds. The quantitative estimate of drug-likeness (QED) is 0.825. The van der Waals surface area contributed by atoms with Crippen molar-refractivity contribution in [1.82, 2.24) is 14.7 Å². The summed E-state index contributed by atoms with van der Waals surface area (Å²) in [5.74, 6) is -0.0283. The molecule has 8 heteroatoms. The lowest BCUT2D eigenvalue weighted by molar-refractivity contribution is 0.0691. The summed E-state index contributed by atoms with van der Waals surface area (Å²) in [4.78, 5) is 15.1. The van der Waals surface area contributed by atoms with Crippen LogP contribution in [0.1, 0.15) is 52.1 Å². The normalized spacial score (nSPS) is 17.6. The number of carbonyl (C=O) groups excluding carboxylic acids is 1. The molecular weight excluding hydrogens is 388 g/mol. The number of rotatable bonds is 4. The van der Waals surface area contributed by atoms with Crippen molar-refractivity contribution in [2.45, 2.75) is 46.0 Å². The van der Waals surface area contributed by atoms with Gasteiger partial charge in [-0.2, -0.15) is 5.10 Å². The molecule has 1 aromatic carbocycles. The maximum absolute atomic E-state index is 13.2. The van der Waals surface area contributed by atoms with Gasteiger partial charge in [-0.1, -0.05) is 17.7 Å². The first kappa shape index (κ1) is 20.1. The van der Waals surface area contributed by atoms with Gasteiger partial charge in [0.1, 0.15) is 0 Å². The third kappa shape index (κ3) is 4.09. The number of likely N-dealkylation sites (tertiary alicyclic amines) is 1. The molecule has 1 fully saturated rings. The molecule has 0 spiro atoms. The highest BCUT2D eigenvalue weighted by Gasteiger charge is 2.32. The number of primary sulfonamides is 1. The Hall–Kier alpha value is -2.19. The average Bonchev–Trinajstić information content (AvgIpc) is 3.23. The van der Waals surface area contributed by atoms with E-state index >= 15 is 0 Å². The Balaban J connectivity index is 1.58. The summed E-state index contributed by atoms with van der Waals surface area (Å²) in [6, 6.07) is 6.28. The minimum atomic E-state index is -3.48. The average molecular weight is 417 g/mol. The molecule has 0 radical (unpaired) electrons. The van der Waals surface area contributed by atoms with E-state index < -0.39 is 10.0 Å². The molecule has 2 heterocycles. The number of aromatic nitrogens is 2. The van der Waals surface area contributed by atoms with Gasteiger partial charge in [-0.25, -0.2) is 18.2 Å². The second kappa shape index (κ2) is 7.57. The van der Waals surface area contributed by atoms with E-state index in [0.29, 0.717) is 31.6 Å². The number of sulfonamides is 1. The summed E-state index contributed by atoms with van der Waals surface area (Å²) in [5, 5.41) is 9.93. The number of carbonyl (C=O) groups is 1. The van der Waals surface area contributed by atoms with Gasteiger partial charge in [0.25, 0.3) is 5.91 Å². The molecule has 0 bridgehead atoms. The lowest BCUT2D eigenvalue weighted by Gasteiger charge is -2.31. The van der Waals surface area contributed by atoms with Crippen LogP contribution in [0.25, 0.3) is 5.69 Å². The Morgan fingerprint density at radius 3 is 2.59 bits per heavy atom. The van der Waals surface area contributed by atoms with Gasteiger partial charge in [0.15, 0.2) is 5.69 Å². The second-order valence-electron chi connectivity index (χ2n) is 8.39. The largest absolute Gasteiger partial charge is 0.337 e. The maximum atomic E-state index is 13.2. The summed E-state index contributed by atoms with van der Waals surface area (Å²) >= 11 is 0. The fourth-order valence-electron chi connectivity index (χ4n) is 4.63. The number of piperidine rings is 1. The summed E-state index contributed by atoms with van der Waals surface area (Å²) in [7, 11) is -3.48. The van der Waals surface area contributed by atoms with Gasteiger partial charge in [0, 0.05) is 24.3 Å². The summed E-state index contributed by atoms with van der Waals surface area (Å²) in [5.41, 5.74) is 6.15. The molecule has 156 valence electrons. The Bertz CT molecular complexity index is 1050.